The molecule has 0 aliphatic carbocycles. The van der Waals surface area contributed by atoms with Crippen LogP contribution >= 0.6 is 11.3 Å². The van der Waals surface area contributed by atoms with E-state index in [1.807, 2.05) is 24.3 Å². The number of nitrogens with one attached hydrogen (secondary N) is 1. The fraction of sp³-hybridized carbons (Fsp3) is 0.294. The minimum Gasteiger partial charge on any atom is -0.497 e. The second kappa shape index (κ2) is 6.32. The predicted octanol–water partition coefficient (Wildman–Crippen LogP) is 3.99. The molecule has 4 nitrogen and oxygen atoms in total. The standard InChI is InChI=1S/C17H18N2O2S/c1-3-4-7-18-16(20)15-10-12-8-11-9-13(21-2)5-6-14(11)19-17(12)22-15/h5-6,8-10H,3-4,7H2,1-2H3,(H,18,20). The number of carbonyl (C=O) groups excluding carboxylic acids is 1. The molecule has 0 aliphatic heterocycles. The minimum atomic E-state index is -0.0157. The van der Waals surface area contributed by atoms with E-state index in [1.54, 1.807) is 7.11 Å². The summed E-state index contributed by atoms with van der Waals surface area (Å²) in [4.78, 5) is 18.4. The highest BCUT2D eigenvalue weighted by atomic mass is 32.1. The molecule has 5 heteroatoms. The molecule has 0 saturated heterocycles. The van der Waals surface area contributed by atoms with Crippen LogP contribution in [0.4, 0.5) is 0 Å². The summed E-state index contributed by atoms with van der Waals surface area (Å²) < 4.78 is 5.24. The number of carbonyl (C=O) groups is 1. The van der Waals surface area contributed by atoms with E-state index in [2.05, 4.69) is 23.3 Å². The van der Waals surface area contributed by atoms with Gasteiger partial charge in [0.05, 0.1) is 17.5 Å². The van der Waals surface area contributed by atoms with E-state index in [1.165, 1.54) is 11.3 Å². The van der Waals surface area contributed by atoms with Crippen molar-refractivity contribution in [2.24, 2.45) is 0 Å². The highest BCUT2D eigenvalue weighted by molar-refractivity contribution is 7.20. The number of nitrogens with zero attached hydrogens (tertiary/aromatic N) is 1. The molecular formula is C17H18N2O2S. The molecule has 0 aliphatic rings. The van der Waals surface area contributed by atoms with Gasteiger partial charge in [0.15, 0.2) is 0 Å². The Balaban J connectivity index is 1.95. The van der Waals surface area contributed by atoms with Crippen LogP contribution in [0.2, 0.25) is 0 Å². The van der Waals surface area contributed by atoms with Crippen LogP contribution in [0, 0.1) is 0 Å². The first-order valence-corrected chi connectivity index (χ1v) is 8.19. The lowest BCUT2D eigenvalue weighted by molar-refractivity contribution is 0.0957. The first-order chi connectivity index (χ1) is 10.7. The van der Waals surface area contributed by atoms with Gasteiger partial charge in [0, 0.05) is 17.3 Å². The molecule has 1 N–H and O–H groups in total. The van der Waals surface area contributed by atoms with Crippen molar-refractivity contribution in [1.82, 2.24) is 10.3 Å². The van der Waals surface area contributed by atoms with Crippen molar-refractivity contribution in [1.29, 1.82) is 0 Å². The fourth-order valence-electron chi connectivity index (χ4n) is 2.32. The number of fused-ring (bicyclic) bond motifs is 2. The maximum Gasteiger partial charge on any atom is 0.261 e. The van der Waals surface area contributed by atoms with E-state index in [-0.39, 0.29) is 5.91 Å². The van der Waals surface area contributed by atoms with Crippen molar-refractivity contribution in [2.75, 3.05) is 13.7 Å². The number of hydrogen-bond donors (Lipinski definition) is 1. The molecule has 2 aromatic heterocycles. The van der Waals surface area contributed by atoms with E-state index in [9.17, 15) is 4.79 Å². The van der Waals surface area contributed by atoms with Crippen molar-refractivity contribution in [3.05, 3.63) is 35.2 Å². The predicted molar refractivity (Wildman–Crippen MR) is 90.9 cm³/mol. The molecule has 0 bridgehead atoms. The second-order valence-electron chi connectivity index (χ2n) is 5.16. The van der Waals surface area contributed by atoms with E-state index in [0.717, 1.165) is 46.3 Å². The number of amides is 1. The summed E-state index contributed by atoms with van der Waals surface area (Å²) in [5, 5.41) is 4.95. The van der Waals surface area contributed by atoms with Crippen LogP contribution in [-0.4, -0.2) is 24.5 Å². The first-order valence-electron chi connectivity index (χ1n) is 7.38. The normalized spacial score (nSPS) is 11.0. The first kappa shape index (κ1) is 14.8. The van der Waals surface area contributed by atoms with Crippen molar-refractivity contribution in [3.8, 4) is 5.75 Å². The topological polar surface area (TPSA) is 51.2 Å². The molecule has 114 valence electrons. The Kier molecular flexibility index (Phi) is 4.24. The van der Waals surface area contributed by atoms with Crippen molar-refractivity contribution >= 4 is 38.4 Å². The number of aromatic nitrogens is 1. The Morgan fingerprint density at radius 1 is 1.27 bits per heavy atom. The van der Waals surface area contributed by atoms with Crippen molar-refractivity contribution in [2.45, 2.75) is 19.8 Å². The van der Waals surface area contributed by atoms with Gasteiger partial charge in [0.1, 0.15) is 10.6 Å². The summed E-state index contributed by atoms with van der Waals surface area (Å²) in [5.74, 6) is 0.791. The van der Waals surface area contributed by atoms with Crippen molar-refractivity contribution < 1.29 is 9.53 Å². The molecule has 1 aromatic carbocycles. The molecule has 0 unspecified atom stereocenters. The largest absolute Gasteiger partial charge is 0.497 e. The molecule has 3 rings (SSSR count). The molecule has 2 heterocycles. The average Bonchev–Trinajstić information content (AvgIpc) is 2.95. The number of pyridine rings is 1. The van der Waals surface area contributed by atoms with Crippen molar-refractivity contribution in [3.63, 3.8) is 0 Å². The third-order valence-corrected chi connectivity index (χ3v) is 4.59. The Morgan fingerprint density at radius 2 is 2.14 bits per heavy atom. The van der Waals surface area contributed by atoms with Crippen LogP contribution in [0.5, 0.6) is 5.75 Å². The highest BCUT2D eigenvalue weighted by Crippen LogP contribution is 2.29. The summed E-state index contributed by atoms with van der Waals surface area (Å²) >= 11 is 1.43. The lowest BCUT2D eigenvalue weighted by atomic mass is 10.2. The zero-order valence-corrected chi connectivity index (χ0v) is 13.5. The van der Waals surface area contributed by atoms with Crippen LogP contribution < -0.4 is 10.1 Å². The molecule has 0 fully saturated rings. The molecule has 1 amide bonds. The maximum absolute atomic E-state index is 12.1. The molecule has 0 spiro atoms. The van der Waals surface area contributed by atoms with Gasteiger partial charge < -0.3 is 10.1 Å². The van der Waals surface area contributed by atoms with Gasteiger partial charge in [-0.2, -0.15) is 0 Å². The van der Waals surface area contributed by atoms with E-state index < -0.39 is 0 Å². The van der Waals surface area contributed by atoms with E-state index in [4.69, 9.17) is 4.74 Å². The van der Waals surface area contributed by atoms with Gasteiger partial charge in [0.2, 0.25) is 0 Å². The lowest BCUT2D eigenvalue weighted by Gasteiger charge is -2.01. The molecule has 22 heavy (non-hydrogen) atoms. The van der Waals surface area contributed by atoms with E-state index >= 15 is 0 Å². The minimum absolute atomic E-state index is 0.0157. The monoisotopic (exact) mass is 314 g/mol. The van der Waals surface area contributed by atoms with Crippen LogP contribution in [0.25, 0.3) is 21.1 Å². The SMILES string of the molecule is CCCCNC(=O)c1cc2cc3cc(OC)ccc3nc2s1. The summed E-state index contributed by atoms with van der Waals surface area (Å²) in [6.45, 7) is 2.82. The van der Waals surface area contributed by atoms with Gasteiger partial charge in [-0.1, -0.05) is 13.3 Å². The summed E-state index contributed by atoms with van der Waals surface area (Å²) in [5.41, 5.74) is 0.910. The Labute approximate surface area is 133 Å². The number of thiophene rings is 1. The van der Waals surface area contributed by atoms with Crippen LogP contribution in [-0.2, 0) is 0 Å². The maximum atomic E-state index is 12.1. The lowest BCUT2D eigenvalue weighted by Crippen LogP contribution is -2.23. The Morgan fingerprint density at radius 3 is 2.91 bits per heavy atom. The number of benzene rings is 1. The molecule has 0 radical (unpaired) electrons. The summed E-state index contributed by atoms with van der Waals surface area (Å²) in [6.07, 6.45) is 2.07. The quantitative estimate of drug-likeness (QED) is 0.725. The fourth-order valence-corrected chi connectivity index (χ4v) is 3.26. The van der Waals surface area contributed by atoms with Gasteiger partial charge in [-0.15, -0.1) is 11.3 Å². The van der Waals surface area contributed by atoms with Gasteiger partial charge >= 0.3 is 0 Å². The average molecular weight is 314 g/mol. The molecule has 3 aromatic rings. The zero-order chi connectivity index (χ0) is 15.5. The smallest absolute Gasteiger partial charge is 0.261 e. The van der Waals surface area contributed by atoms with Crippen LogP contribution in [0.1, 0.15) is 29.4 Å². The number of ether oxygens (including phenoxy) is 1. The number of rotatable bonds is 5. The molecule has 0 atom stereocenters. The van der Waals surface area contributed by atoms with Crippen LogP contribution in [0.15, 0.2) is 30.3 Å². The van der Waals surface area contributed by atoms with Gasteiger partial charge in [-0.3, -0.25) is 4.79 Å². The molecular weight excluding hydrogens is 296 g/mol. The number of methoxy groups -OCH3 is 1. The van der Waals surface area contributed by atoms with Gasteiger partial charge in [0.25, 0.3) is 5.91 Å². The van der Waals surface area contributed by atoms with Gasteiger partial charge in [-0.25, -0.2) is 4.98 Å². The van der Waals surface area contributed by atoms with E-state index in [0.29, 0.717) is 4.88 Å². The third-order valence-electron chi connectivity index (χ3n) is 3.55. The second-order valence-corrected chi connectivity index (χ2v) is 6.19. The number of hydrogen-bond acceptors (Lipinski definition) is 4. The Bertz CT molecular complexity index is 826. The summed E-state index contributed by atoms with van der Waals surface area (Å²) in [6, 6.07) is 9.76. The zero-order valence-electron chi connectivity index (χ0n) is 12.7. The van der Waals surface area contributed by atoms with Crippen LogP contribution in [0.3, 0.4) is 0 Å². The Hall–Kier alpha value is -2.14. The van der Waals surface area contributed by atoms with Gasteiger partial charge in [-0.05, 0) is 36.8 Å². The highest BCUT2D eigenvalue weighted by Gasteiger charge is 2.11. The third kappa shape index (κ3) is 2.90. The summed E-state index contributed by atoms with van der Waals surface area (Å²) in [7, 11) is 1.65. The number of unbranched alkanes of at least 4 members (excludes halogenated alkanes) is 1. The molecule has 0 saturated carbocycles.